The van der Waals surface area contributed by atoms with Crippen molar-refractivity contribution in [1.82, 2.24) is 0 Å². The smallest absolute Gasteiger partial charge is 0.462 e. The summed E-state index contributed by atoms with van der Waals surface area (Å²) in [6.45, 7) is 4.05. The molecule has 16 heteroatoms. The first-order valence-corrected chi connectivity index (χ1v) is 12.6. The standard InChI is InChI=1S/C17H20F6O8S2/c1-3-13(24)31-12-7-9-5-10(12)6-11(9)15(25)30-8(2)4-14(32(26,27)16(18,19)20)33(28,29)17(21,22)23/h3,8-12,14H,1,4-7H2,2H3. The van der Waals surface area contributed by atoms with E-state index in [1.807, 2.05) is 0 Å². The molecule has 0 N–H and O–H groups in total. The second-order valence-electron chi connectivity index (χ2n) is 7.91. The first kappa shape index (κ1) is 27.4. The van der Waals surface area contributed by atoms with Gasteiger partial charge in [0.2, 0.25) is 0 Å². The van der Waals surface area contributed by atoms with Gasteiger partial charge >= 0.3 is 23.0 Å². The van der Waals surface area contributed by atoms with E-state index in [1.165, 1.54) is 0 Å². The average Bonchev–Trinajstić information content (AvgIpc) is 3.24. The van der Waals surface area contributed by atoms with Gasteiger partial charge in [0.05, 0.1) is 5.92 Å². The van der Waals surface area contributed by atoms with Crippen molar-refractivity contribution in [2.75, 3.05) is 0 Å². The highest BCUT2D eigenvalue weighted by Crippen LogP contribution is 2.50. The number of hydrogen-bond donors (Lipinski definition) is 0. The lowest BCUT2D eigenvalue weighted by atomic mass is 9.87. The predicted molar refractivity (Wildman–Crippen MR) is 98.3 cm³/mol. The Balaban J connectivity index is 2.12. The van der Waals surface area contributed by atoms with E-state index in [2.05, 4.69) is 6.58 Å². The van der Waals surface area contributed by atoms with E-state index in [0.717, 1.165) is 13.0 Å². The summed E-state index contributed by atoms with van der Waals surface area (Å²) in [4.78, 5) is 23.7. The Labute approximate surface area is 185 Å². The molecule has 2 rings (SSSR count). The lowest BCUT2D eigenvalue weighted by molar-refractivity contribution is -0.157. The van der Waals surface area contributed by atoms with Crippen LogP contribution in [0.5, 0.6) is 0 Å². The summed E-state index contributed by atoms with van der Waals surface area (Å²) < 4.78 is 129. The normalized spacial score (nSPS) is 26.8. The van der Waals surface area contributed by atoms with Gasteiger partial charge in [0.1, 0.15) is 12.2 Å². The Bertz CT molecular complexity index is 958. The van der Waals surface area contributed by atoms with Crippen LogP contribution in [0.15, 0.2) is 12.7 Å². The quantitative estimate of drug-likeness (QED) is 0.267. The van der Waals surface area contributed by atoms with Crippen LogP contribution in [0.25, 0.3) is 0 Å². The van der Waals surface area contributed by atoms with Gasteiger partial charge in [0.25, 0.3) is 19.7 Å². The number of carbonyl (C=O) groups is 2. The summed E-state index contributed by atoms with van der Waals surface area (Å²) in [5.41, 5.74) is -12.6. The topological polar surface area (TPSA) is 121 Å². The Morgan fingerprint density at radius 3 is 1.88 bits per heavy atom. The molecule has 0 spiro atoms. The molecule has 190 valence electrons. The molecule has 0 aromatic carbocycles. The third-order valence-electron chi connectivity index (χ3n) is 5.71. The van der Waals surface area contributed by atoms with Crippen molar-refractivity contribution in [3.8, 4) is 0 Å². The number of rotatable bonds is 8. The molecular formula is C17H20F6O8S2. The lowest BCUT2D eigenvalue weighted by Gasteiger charge is -2.28. The van der Waals surface area contributed by atoms with E-state index in [1.54, 1.807) is 0 Å². The molecule has 2 aliphatic rings. The molecule has 33 heavy (non-hydrogen) atoms. The zero-order chi connectivity index (χ0) is 25.6. The number of ether oxygens (including phenoxy) is 2. The zero-order valence-corrected chi connectivity index (χ0v) is 18.6. The number of hydrogen-bond acceptors (Lipinski definition) is 8. The monoisotopic (exact) mass is 530 g/mol. The third-order valence-corrected chi connectivity index (χ3v) is 10.3. The van der Waals surface area contributed by atoms with Gasteiger partial charge in [-0.25, -0.2) is 21.6 Å². The summed E-state index contributed by atoms with van der Waals surface area (Å²) in [5.74, 6) is -3.06. The fraction of sp³-hybridized carbons (Fsp3) is 0.765. The highest BCUT2D eigenvalue weighted by atomic mass is 32.3. The van der Waals surface area contributed by atoms with Gasteiger partial charge in [-0.05, 0) is 38.0 Å². The van der Waals surface area contributed by atoms with Crippen molar-refractivity contribution in [2.24, 2.45) is 17.8 Å². The fourth-order valence-corrected chi connectivity index (χ4v) is 7.81. The Morgan fingerprint density at radius 1 is 0.970 bits per heavy atom. The van der Waals surface area contributed by atoms with Crippen LogP contribution in [0.4, 0.5) is 26.3 Å². The Kier molecular flexibility index (Phi) is 7.54. The molecular weight excluding hydrogens is 510 g/mol. The van der Waals surface area contributed by atoms with Gasteiger partial charge in [0.15, 0.2) is 4.58 Å². The second-order valence-corrected chi connectivity index (χ2v) is 12.4. The van der Waals surface area contributed by atoms with Crippen LogP contribution in [0.2, 0.25) is 0 Å². The first-order chi connectivity index (χ1) is 14.8. The van der Waals surface area contributed by atoms with Crippen molar-refractivity contribution in [3.05, 3.63) is 12.7 Å². The second kappa shape index (κ2) is 9.07. The molecule has 8 nitrogen and oxygen atoms in total. The van der Waals surface area contributed by atoms with Crippen LogP contribution in [-0.2, 0) is 38.7 Å². The number of alkyl halides is 6. The minimum absolute atomic E-state index is 0.163. The van der Waals surface area contributed by atoms with Crippen LogP contribution >= 0.6 is 0 Å². The van der Waals surface area contributed by atoms with Crippen molar-refractivity contribution in [3.63, 3.8) is 0 Å². The van der Waals surface area contributed by atoms with E-state index in [-0.39, 0.29) is 24.7 Å². The van der Waals surface area contributed by atoms with Gasteiger partial charge in [-0.1, -0.05) is 6.58 Å². The molecule has 0 saturated heterocycles. The average molecular weight is 530 g/mol. The molecule has 2 aliphatic carbocycles. The maximum Gasteiger partial charge on any atom is 0.498 e. The number of esters is 2. The molecule has 5 unspecified atom stereocenters. The summed E-state index contributed by atoms with van der Waals surface area (Å²) in [5, 5.41) is 0. The summed E-state index contributed by atoms with van der Waals surface area (Å²) in [6.07, 6.45) is -2.31. The van der Waals surface area contributed by atoms with E-state index in [4.69, 9.17) is 9.47 Å². The van der Waals surface area contributed by atoms with E-state index in [9.17, 15) is 52.8 Å². The molecule has 0 aliphatic heterocycles. The van der Waals surface area contributed by atoms with Crippen molar-refractivity contribution < 1.29 is 62.2 Å². The van der Waals surface area contributed by atoms with Crippen LogP contribution < -0.4 is 0 Å². The van der Waals surface area contributed by atoms with Gasteiger partial charge in [-0.3, -0.25) is 4.79 Å². The molecule has 0 radical (unpaired) electrons. The molecule has 2 saturated carbocycles. The highest BCUT2D eigenvalue weighted by molar-refractivity contribution is 8.09. The van der Waals surface area contributed by atoms with Gasteiger partial charge in [-0.15, -0.1) is 0 Å². The van der Waals surface area contributed by atoms with Crippen molar-refractivity contribution in [1.29, 1.82) is 0 Å². The largest absolute Gasteiger partial charge is 0.498 e. The summed E-state index contributed by atoms with van der Waals surface area (Å²) >= 11 is 0. The van der Waals surface area contributed by atoms with Crippen LogP contribution in [0.3, 0.4) is 0 Å². The van der Waals surface area contributed by atoms with Crippen LogP contribution in [0, 0.1) is 17.8 Å². The molecule has 0 amide bonds. The van der Waals surface area contributed by atoms with Gasteiger partial charge in [0, 0.05) is 12.5 Å². The van der Waals surface area contributed by atoms with E-state index < -0.39 is 71.8 Å². The minimum atomic E-state index is -6.81. The molecule has 2 bridgehead atoms. The molecule has 2 fully saturated rings. The van der Waals surface area contributed by atoms with E-state index in [0.29, 0.717) is 6.42 Å². The van der Waals surface area contributed by atoms with Gasteiger partial charge < -0.3 is 9.47 Å². The molecule has 0 heterocycles. The highest BCUT2D eigenvalue weighted by Gasteiger charge is 2.63. The van der Waals surface area contributed by atoms with Crippen molar-refractivity contribution >= 4 is 31.6 Å². The predicted octanol–water partition coefficient (Wildman–Crippen LogP) is 2.65. The lowest BCUT2D eigenvalue weighted by Crippen LogP contribution is -2.46. The third kappa shape index (κ3) is 5.46. The van der Waals surface area contributed by atoms with Crippen LogP contribution in [-0.4, -0.2) is 56.6 Å². The number of fused-ring (bicyclic) bond motifs is 2. The van der Waals surface area contributed by atoms with Crippen molar-refractivity contribution in [2.45, 2.75) is 60.4 Å². The first-order valence-electron chi connectivity index (χ1n) is 9.46. The maximum absolute atomic E-state index is 12.8. The number of halogens is 6. The molecule has 5 atom stereocenters. The SMILES string of the molecule is C=CC(=O)OC1CC2CC1CC2C(=O)OC(C)CC(S(=O)(=O)C(F)(F)F)S(=O)(=O)C(F)(F)F. The fourth-order valence-electron chi connectivity index (χ4n) is 4.18. The number of carbonyl (C=O) groups excluding carboxylic acids is 2. The summed E-state index contributed by atoms with van der Waals surface area (Å²) in [6, 6.07) is 0. The van der Waals surface area contributed by atoms with Gasteiger partial charge in [-0.2, -0.15) is 26.3 Å². The molecule has 0 aromatic heterocycles. The Morgan fingerprint density at radius 2 is 1.48 bits per heavy atom. The Hall–Kier alpha value is -1.84. The van der Waals surface area contributed by atoms with Crippen LogP contribution in [0.1, 0.15) is 32.6 Å². The number of sulfone groups is 2. The van der Waals surface area contributed by atoms with E-state index >= 15 is 0 Å². The minimum Gasteiger partial charge on any atom is -0.462 e. The zero-order valence-electron chi connectivity index (χ0n) is 16.9. The summed E-state index contributed by atoms with van der Waals surface area (Å²) in [7, 11) is -13.6. The maximum atomic E-state index is 12.8. The molecule has 0 aromatic rings.